The Hall–Kier alpha value is -2.33. The zero-order valence-corrected chi connectivity index (χ0v) is 9.40. The molecule has 17 heavy (non-hydrogen) atoms. The second-order valence-electron chi connectivity index (χ2n) is 3.18. The van der Waals surface area contributed by atoms with E-state index in [9.17, 15) is 8.42 Å². The summed E-state index contributed by atoms with van der Waals surface area (Å²) in [4.78, 5) is -0.0582. The van der Waals surface area contributed by atoms with Crippen molar-refractivity contribution in [3.8, 4) is 6.07 Å². The first-order valence-corrected chi connectivity index (χ1v) is 6.13. The summed E-state index contributed by atoms with van der Waals surface area (Å²) in [5, 5.41) is 14.9. The summed E-state index contributed by atoms with van der Waals surface area (Å²) in [7, 11) is -3.77. The molecular formula is C10H8N4O2S. The Balaban J connectivity index is 2.42. The highest BCUT2D eigenvalue weighted by molar-refractivity contribution is 7.92. The molecule has 2 N–H and O–H groups in total. The van der Waals surface area contributed by atoms with Gasteiger partial charge in [0.15, 0.2) is 0 Å². The molecule has 0 saturated heterocycles. The fourth-order valence-corrected chi connectivity index (χ4v) is 2.48. The maximum absolute atomic E-state index is 12.0. The van der Waals surface area contributed by atoms with E-state index in [1.54, 1.807) is 12.1 Å². The summed E-state index contributed by atoms with van der Waals surface area (Å²) < 4.78 is 26.2. The van der Waals surface area contributed by atoms with Crippen molar-refractivity contribution in [1.29, 1.82) is 5.26 Å². The number of benzene rings is 1. The van der Waals surface area contributed by atoms with Crippen LogP contribution in [0, 0.1) is 11.3 Å². The van der Waals surface area contributed by atoms with Crippen LogP contribution >= 0.6 is 0 Å². The predicted octanol–water partition coefficient (Wildman–Crippen LogP) is 1.08. The second-order valence-corrected chi connectivity index (χ2v) is 4.83. The minimum Gasteiger partial charge on any atom is -0.264 e. The van der Waals surface area contributed by atoms with Gasteiger partial charge in [-0.1, -0.05) is 12.1 Å². The van der Waals surface area contributed by atoms with Gasteiger partial charge >= 0.3 is 0 Å². The Morgan fingerprint density at radius 1 is 1.29 bits per heavy atom. The van der Waals surface area contributed by atoms with Gasteiger partial charge in [-0.2, -0.15) is 10.4 Å². The molecule has 0 unspecified atom stereocenters. The first kappa shape index (κ1) is 11.2. The molecule has 0 bridgehead atoms. The largest absolute Gasteiger partial charge is 0.264 e. The molecule has 7 heteroatoms. The van der Waals surface area contributed by atoms with E-state index in [1.165, 1.54) is 24.4 Å². The van der Waals surface area contributed by atoms with Crippen molar-refractivity contribution in [1.82, 2.24) is 10.2 Å². The standard InChI is InChI=1S/C10H8N4O2S/c11-7-8-3-1-2-4-9(8)17(15,16)14-10-5-6-12-13-10/h1-6H,(H2,12,13,14). The number of anilines is 1. The van der Waals surface area contributed by atoms with Crippen molar-refractivity contribution in [3.63, 3.8) is 0 Å². The number of nitriles is 1. The number of nitrogens with one attached hydrogen (secondary N) is 2. The Kier molecular flexibility index (Phi) is 2.80. The average Bonchev–Trinajstić information content (AvgIpc) is 2.81. The topological polar surface area (TPSA) is 98.6 Å². The van der Waals surface area contributed by atoms with Gasteiger partial charge in [0.2, 0.25) is 0 Å². The van der Waals surface area contributed by atoms with Gasteiger partial charge in [-0.3, -0.25) is 9.82 Å². The van der Waals surface area contributed by atoms with Gasteiger partial charge in [0.05, 0.1) is 11.8 Å². The van der Waals surface area contributed by atoms with Crippen LogP contribution < -0.4 is 4.72 Å². The summed E-state index contributed by atoms with van der Waals surface area (Å²) in [5.74, 6) is 0.248. The molecular weight excluding hydrogens is 240 g/mol. The average molecular weight is 248 g/mol. The summed E-state index contributed by atoms with van der Waals surface area (Å²) in [6, 6.07) is 9.30. The van der Waals surface area contributed by atoms with Crippen LogP contribution in [0.5, 0.6) is 0 Å². The van der Waals surface area contributed by atoms with Crippen LogP contribution in [0.2, 0.25) is 0 Å². The van der Waals surface area contributed by atoms with E-state index in [-0.39, 0.29) is 16.3 Å². The number of rotatable bonds is 3. The molecule has 0 spiro atoms. The van der Waals surface area contributed by atoms with E-state index in [0.29, 0.717) is 0 Å². The molecule has 0 amide bonds. The van der Waals surface area contributed by atoms with E-state index in [2.05, 4.69) is 14.9 Å². The Morgan fingerprint density at radius 2 is 2.06 bits per heavy atom. The monoisotopic (exact) mass is 248 g/mol. The van der Waals surface area contributed by atoms with Crippen LogP contribution in [0.1, 0.15) is 5.56 Å². The second kappa shape index (κ2) is 4.27. The lowest BCUT2D eigenvalue weighted by atomic mass is 10.2. The van der Waals surface area contributed by atoms with Crippen LogP contribution in [0.4, 0.5) is 5.82 Å². The van der Waals surface area contributed by atoms with Crippen molar-refractivity contribution in [3.05, 3.63) is 42.1 Å². The first-order valence-electron chi connectivity index (χ1n) is 4.65. The molecule has 2 rings (SSSR count). The van der Waals surface area contributed by atoms with Crippen molar-refractivity contribution >= 4 is 15.8 Å². The smallest absolute Gasteiger partial charge is 0.264 e. The summed E-state index contributed by atoms with van der Waals surface area (Å²) in [5.41, 5.74) is 0.0968. The van der Waals surface area contributed by atoms with Gasteiger partial charge in [-0.25, -0.2) is 8.42 Å². The maximum Gasteiger partial charge on any atom is 0.264 e. The lowest BCUT2D eigenvalue weighted by Crippen LogP contribution is -2.14. The highest BCUT2D eigenvalue weighted by Gasteiger charge is 2.18. The van der Waals surface area contributed by atoms with Gasteiger partial charge in [0, 0.05) is 6.07 Å². The van der Waals surface area contributed by atoms with Gasteiger partial charge in [0.1, 0.15) is 16.8 Å². The Labute approximate surface area is 98.0 Å². The molecule has 1 aromatic carbocycles. The van der Waals surface area contributed by atoms with Crippen LogP contribution in [-0.4, -0.2) is 18.6 Å². The maximum atomic E-state index is 12.0. The van der Waals surface area contributed by atoms with Crippen LogP contribution in [0.15, 0.2) is 41.4 Å². The molecule has 0 radical (unpaired) electrons. The SMILES string of the molecule is N#Cc1ccccc1S(=O)(=O)Nc1ccn[nH]1. The number of sulfonamides is 1. The molecule has 0 fully saturated rings. The zero-order valence-electron chi connectivity index (χ0n) is 8.58. The summed E-state index contributed by atoms with van der Waals surface area (Å²) >= 11 is 0. The zero-order chi connectivity index (χ0) is 12.3. The molecule has 2 aromatic rings. The third-order valence-electron chi connectivity index (χ3n) is 2.04. The molecule has 0 atom stereocenters. The normalized spacial score (nSPS) is 10.8. The van der Waals surface area contributed by atoms with Gasteiger partial charge in [-0.05, 0) is 12.1 Å². The highest BCUT2D eigenvalue weighted by Crippen LogP contribution is 2.17. The number of hydrogen-bond acceptors (Lipinski definition) is 4. The van der Waals surface area contributed by atoms with E-state index in [4.69, 9.17) is 5.26 Å². The van der Waals surface area contributed by atoms with Crippen molar-refractivity contribution in [2.45, 2.75) is 4.90 Å². The van der Waals surface area contributed by atoms with E-state index in [1.807, 2.05) is 6.07 Å². The van der Waals surface area contributed by atoms with Crippen LogP contribution in [0.3, 0.4) is 0 Å². The lowest BCUT2D eigenvalue weighted by Gasteiger charge is -2.06. The molecule has 0 saturated carbocycles. The Bertz CT molecular complexity index is 656. The van der Waals surface area contributed by atoms with Gasteiger partial charge in [-0.15, -0.1) is 0 Å². The fourth-order valence-electron chi connectivity index (χ4n) is 1.31. The molecule has 86 valence electrons. The van der Waals surface area contributed by atoms with E-state index < -0.39 is 10.0 Å². The molecule has 1 aromatic heterocycles. The van der Waals surface area contributed by atoms with Crippen molar-refractivity contribution in [2.24, 2.45) is 0 Å². The van der Waals surface area contributed by atoms with Gasteiger partial charge in [0.25, 0.3) is 10.0 Å². The lowest BCUT2D eigenvalue weighted by molar-refractivity contribution is 0.601. The number of aromatic amines is 1. The molecule has 0 aliphatic heterocycles. The number of H-pyrrole nitrogens is 1. The molecule has 1 heterocycles. The molecule has 0 aliphatic rings. The quantitative estimate of drug-likeness (QED) is 0.849. The molecule has 6 nitrogen and oxygen atoms in total. The summed E-state index contributed by atoms with van der Waals surface area (Å²) in [6.07, 6.45) is 1.42. The number of hydrogen-bond donors (Lipinski definition) is 2. The fraction of sp³-hybridized carbons (Fsp3) is 0. The minimum absolute atomic E-state index is 0.0582. The van der Waals surface area contributed by atoms with E-state index >= 15 is 0 Å². The van der Waals surface area contributed by atoms with Crippen LogP contribution in [-0.2, 0) is 10.0 Å². The minimum atomic E-state index is -3.77. The predicted molar refractivity (Wildman–Crippen MR) is 60.6 cm³/mol. The third kappa shape index (κ3) is 2.26. The van der Waals surface area contributed by atoms with Gasteiger partial charge < -0.3 is 0 Å². The third-order valence-corrected chi connectivity index (χ3v) is 3.47. The summed E-state index contributed by atoms with van der Waals surface area (Å²) in [6.45, 7) is 0. The van der Waals surface area contributed by atoms with E-state index in [0.717, 1.165) is 0 Å². The number of aromatic nitrogens is 2. The number of nitrogens with zero attached hydrogens (tertiary/aromatic N) is 2. The van der Waals surface area contributed by atoms with Crippen molar-refractivity contribution in [2.75, 3.05) is 4.72 Å². The van der Waals surface area contributed by atoms with Crippen LogP contribution in [0.25, 0.3) is 0 Å². The molecule has 0 aliphatic carbocycles. The van der Waals surface area contributed by atoms with Crippen molar-refractivity contribution < 1.29 is 8.42 Å². The first-order chi connectivity index (χ1) is 8.13. The highest BCUT2D eigenvalue weighted by atomic mass is 32.2. The Morgan fingerprint density at radius 3 is 2.71 bits per heavy atom.